The average molecular weight is 451 g/mol. The van der Waals surface area contributed by atoms with Gasteiger partial charge in [0.25, 0.3) is 0 Å². The molecule has 0 spiro atoms. The van der Waals surface area contributed by atoms with Crippen LogP contribution in [-0.4, -0.2) is 43.9 Å². The van der Waals surface area contributed by atoms with Gasteiger partial charge in [-0.05, 0) is 44.2 Å². The van der Waals surface area contributed by atoms with Crippen LogP contribution in [-0.2, 0) is 6.42 Å². The minimum atomic E-state index is 0. The van der Waals surface area contributed by atoms with Crippen molar-refractivity contribution in [1.82, 2.24) is 10.6 Å². The van der Waals surface area contributed by atoms with Gasteiger partial charge in [-0.3, -0.25) is 4.99 Å². The van der Waals surface area contributed by atoms with E-state index in [1.165, 1.54) is 5.56 Å². The molecule has 1 aromatic carbocycles. The number of thioether (sulfide) groups is 1. The normalized spacial score (nSPS) is 13.5. The zero-order chi connectivity index (χ0) is 16.0. The second-order valence-electron chi connectivity index (χ2n) is 5.75. The van der Waals surface area contributed by atoms with Crippen LogP contribution in [0.5, 0.6) is 11.5 Å². The molecule has 0 unspecified atom stereocenters. The van der Waals surface area contributed by atoms with E-state index in [-0.39, 0.29) is 28.7 Å². The number of benzene rings is 1. The van der Waals surface area contributed by atoms with E-state index in [4.69, 9.17) is 9.47 Å². The minimum absolute atomic E-state index is 0. The summed E-state index contributed by atoms with van der Waals surface area (Å²) < 4.78 is 10.9. The van der Waals surface area contributed by atoms with Crippen LogP contribution in [0.2, 0.25) is 0 Å². The first-order valence-electron chi connectivity index (χ1n) is 7.42. The summed E-state index contributed by atoms with van der Waals surface area (Å²) in [5, 5.41) is 6.70. The van der Waals surface area contributed by atoms with E-state index >= 15 is 0 Å². The molecule has 1 aliphatic heterocycles. The Hall–Kier alpha value is -0.830. The minimum Gasteiger partial charge on any atom is -0.454 e. The third-order valence-corrected chi connectivity index (χ3v) is 4.85. The Bertz CT molecular complexity index is 538. The van der Waals surface area contributed by atoms with Crippen molar-refractivity contribution in [1.29, 1.82) is 0 Å². The van der Waals surface area contributed by atoms with Crippen LogP contribution >= 0.6 is 35.7 Å². The summed E-state index contributed by atoms with van der Waals surface area (Å²) in [7, 11) is 1.79. The zero-order valence-electron chi connectivity index (χ0n) is 14.1. The fraction of sp³-hybridized carbons (Fsp3) is 0.562. The topological polar surface area (TPSA) is 54.9 Å². The SMILES string of the molecule is CN=C(NCCc1ccc2c(c1)OCO2)NCC(C)(C)SC.I. The van der Waals surface area contributed by atoms with Gasteiger partial charge in [-0.1, -0.05) is 6.07 Å². The van der Waals surface area contributed by atoms with Gasteiger partial charge in [-0.25, -0.2) is 0 Å². The summed E-state index contributed by atoms with van der Waals surface area (Å²) in [6.45, 7) is 6.44. The van der Waals surface area contributed by atoms with Gasteiger partial charge in [-0.2, -0.15) is 11.8 Å². The van der Waals surface area contributed by atoms with Crippen molar-refractivity contribution in [2.24, 2.45) is 4.99 Å². The second kappa shape index (κ2) is 9.46. The van der Waals surface area contributed by atoms with Crippen molar-refractivity contribution in [3.8, 4) is 11.5 Å². The van der Waals surface area contributed by atoms with Gasteiger partial charge in [0.1, 0.15) is 0 Å². The number of halogens is 1. The van der Waals surface area contributed by atoms with E-state index in [2.05, 4.69) is 41.8 Å². The fourth-order valence-corrected chi connectivity index (χ4v) is 2.23. The number of fused-ring (bicyclic) bond motifs is 1. The van der Waals surface area contributed by atoms with Crippen LogP contribution in [0.3, 0.4) is 0 Å². The Morgan fingerprint density at radius 1 is 1.26 bits per heavy atom. The Labute approximate surface area is 160 Å². The predicted octanol–water partition coefficient (Wildman–Crippen LogP) is 2.88. The highest BCUT2D eigenvalue weighted by molar-refractivity contribution is 14.0. The lowest BCUT2D eigenvalue weighted by atomic mass is 10.1. The molecule has 7 heteroatoms. The molecule has 0 saturated carbocycles. The molecule has 0 bridgehead atoms. The van der Waals surface area contributed by atoms with E-state index < -0.39 is 0 Å². The number of hydrogen-bond acceptors (Lipinski definition) is 4. The molecule has 0 fully saturated rings. The number of aliphatic imine (C=N–C) groups is 1. The number of hydrogen-bond donors (Lipinski definition) is 2. The van der Waals surface area contributed by atoms with Gasteiger partial charge in [-0.15, -0.1) is 24.0 Å². The molecule has 0 aromatic heterocycles. The van der Waals surface area contributed by atoms with Gasteiger partial charge in [0.15, 0.2) is 17.5 Å². The summed E-state index contributed by atoms with van der Waals surface area (Å²) in [5.74, 6) is 2.50. The van der Waals surface area contributed by atoms with E-state index in [0.29, 0.717) is 6.79 Å². The number of guanidine groups is 1. The van der Waals surface area contributed by atoms with Crippen molar-refractivity contribution in [2.45, 2.75) is 25.0 Å². The van der Waals surface area contributed by atoms with Crippen molar-refractivity contribution in [3.63, 3.8) is 0 Å². The molecular formula is C16H26IN3O2S. The number of nitrogens with one attached hydrogen (secondary N) is 2. The quantitative estimate of drug-likeness (QED) is 0.396. The van der Waals surface area contributed by atoms with Crippen molar-refractivity contribution in [3.05, 3.63) is 23.8 Å². The summed E-state index contributed by atoms with van der Waals surface area (Å²) in [5.41, 5.74) is 1.22. The summed E-state index contributed by atoms with van der Waals surface area (Å²) in [6, 6.07) is 6.07. The van der Waals surface area contributed by atoms with Crippen molar-refractivity contribution in [2.75, 3.05) is 33.2 Å². The molecule has 2 rings (SSSR count). The van der Waals surface area contributed by atoms with E-state index in [1.807, 2.05) is 23.9 Å². The molecule has 1 aliphatic rings. The first-order chi connectivity index (χ1) is 10.5. The molecule has 1 aromatic rings. The molecule has 0 atom stereocenters. The molecule has 130 valence electrons. The van der Waals surface area contributed by atoms with Crippen LogP contribution in [0.1, 0.15) is 19.4 Å². The van der Waals surface area contributed by atoms with Crippen LogP contribution in [0.15, 0.2) is 23.2 Å². The first-order valence-corrected chi connectivity index (χ1v) is 8.65. The molecule has 0 radical (unpaired) electrons. The summed E-state index contributed by atoms with van der Waals surface area (Å²) in [4.78, 5) is 4.25. The van der Waals surface area contributed by atoms with E-state index in [1.54, 1.807) is 7.05 Å². The van der Waals surface area contributed by atoms with Gasteiger partial charge >= 0.3 is 0 Å². The number of nitrogens with zero attached hydrogens (tertiary/aromatic N) is 1. The lowest BCUT2D eigenvalue weighted by molar-refractivity contribution is 0.174. The summed E-state index contributed by atoms with van der Waals surface area (Å²) >= 11 is 1.84. The molecule has 0 aliphatic carbocycles. The Balaban J connectivity index is 0.00000264. The van der Waals surface area contributed by atoms with E-state index in [0.717, 1.165) is 37.0 Å². The maximum absolute atomic E-state index is 5.40. The fourth-order valence-electron chi connectivity index (χ4n) is 2.01. The van der Waals surface area contributed by atoms with Crippen LogP contribution in [0.4, 0.5) is 0 Å². The Morgan fingerprint density at radius 3 is 2.70 bits per heavy atom. The maximum Gasteiger partial charge on any atom is 0.231 e. The molecule has 0 amide bonds. The highest BCUT2D eigenvalue weighted by Gasteiger charge is 2.16. The standard InChI is InChI=1S/C16H25N3O2S.HI/c1-16(2,22-4)10-19-15(17-3)18-8-7-12-5-6-13-14(9-12)21-11-20-13;/h5-6,9H,7-8,10-11H2,1-4H3,(H2,17,18,19);1H. The predicted molar refractivity (Wildman–Crippen MR) is 109 cm³/mol. The number of rotatable bonds is 6. The highest BCUT2D eigenvalue weighted by Crippen LogP contribution is 2.32. The van der Waals surface area contributed by atoms with Crippen LogP contribution in [0, 0.1) is 0 Å². The zero-order valence-corrected chi connectivity index (χ0v) is 17.3. The van der Waals surface area contributed by atoms with Gasteiger partial charge in [0.2, 0.25) is 6.79 Å². The average Bonchev–Trinajstić information content (AvgIpc) is 2.98. The van der Waals surface area contributed by atoms with Gasteiger partial charge < -0.3 is 20.1 Å². The molecular weight excluding hydrogens is 425 g/mol. The first kappa shape index (κ1) is 20.2. The number of ether oxygens (including phenoxy) is 2. The molecule has 23 heavy (non-hydrogen) atoms. The van der Waals surface area contributed by atoms with Crippen LogP contribution < -0.4 is 20.1 Å². The molecule has 1 heterocycles. The lowest BCUT2D eigenvalue weighted by Gasteiger charge is -2.23. The van der Waals surface area contributed by atoms with Crippen LogP contribution in [0.25, 0.3) is 0 Å². The summed E-state index contributed by atoms with van der Waals surface area (Å²) in [6.07, 6.45) is 3.03. The smallest absolute Gasteiger partial charge is 0.231 e. The Morgan fingerprint density at radius 2 is 2.00 bits per heavy atom. The third-order valence-electron chi connectivity index (χ3n) is 3.60. The van der Waals surface area contributed by atoms with Crippen molar-refractivity contribution < 1.29 is 9.47 Å². The Kier molecular flexibility index (Phi) is 8.32. The second-order valence-corrected chi connectivity index (χ2v) is 7.27. The molecule has 0 saturated heterocycles. The molecule has 2 N–H and O–H groups in total. The largest absolute Gasteiger partial charge is 0.454 e. The maximum atomic E-state index is 5.40. The van der Waals surface area contributed by atoms with E-state index in [9.17, 15) is 0 Å². The highest BCUT2D eigenvalue weighted by atomic mass is 127. The van der Waals surface area contributed by atoms with Gasteiger partial charge in [0, 0.05) is 24.9 Å². The van der Waals surface area contributed by atoms with Crippen molar-refractivity contribution >= 4 is 41.7 Å². The lowest BCUT2D eigenvalue weighted by Crippen LogP contribution is -2.43. The third kappa shape index (κ3) is 6.29. The molecule has 5 nitrogen and oxygen atoms in total. The monoisotopic (exact) mass is 451 g/mol. The van der Waals surface area contributed by atoms with Gasteiger partial charge in [0.05, 0.1) is 0 Å².